The van der Waals surface area contributed by atoms with Crippen LogP contribution in [0.15, 0.2) is 0 Å². The summed E-state index contributed by atoms with van der Waals surface area (Å²) in [5.74, 6) is 0. The van der Waals surface area contributed by atoms with Gasteiger partial charge < -0.3 is 60.4 Å². The smallest absolute Gasteiger partial charge is 0.187 e. The molecular weight excluding hydrogens is 358 g/mol. The van der Waals surface area contributed by atoms with E-state index in [4.69, 9.17) is 24.7 Å². The van der Waals surface area contributed by atoms with Crippen molar-refractivity contribution < 1.29 is 54.7 Å². The summed E-state index contributed by atoms with van der Waals surface area (Å²) >= 11 is 0. The Balaban J connectivity index is 2.09. The maximum absolute atomic E-state index is 10.3. The summed E-state index contributed by atoms with van der Waals surface area (Å²) in [6, 6.07) is 0. The largest absolute Gasteiger partial charge is 0.394 e. The zero-order valence-corrected chi connectivity index (χ0v) is 13.9. The molecule has 10 unspecified atom stereocenters. The molecule has 9 N–H and O–H groups in total. The first kappa shape index (κ1) is 21.8. The van der Waals surface area contributed by atoms with Gasteiger partial charge in [-0.1, -0.05) is 0 Å². The molecular formula is C14H27NO11. The molecule has 2 heterocycles. The van der Waals surface area contributed by atoms with Crippen molar-refractivity contribution in [3.05, 3.63) is 0 Å². The summed E-state index contributed by atoms with van der Waals surface area (Å²) in [4.78, 5) is 0. The van der Waals surface area contributed by atoms with Gasteiger partial charge in [0.25, 0.3) is 0 Å². The maximum atomic E-state index is 10.3. The maximum Gasteiger partial charge on any atom is 0.187 e. The van der Waals surface area contributed by atoms with Crippen LogP contribution in [-0.4, -0.2) is 124 Å². The highest BCUT2D eigenvalue weighted by Crippen LogP contribution is 2.29. The second-order valence-electron chi connectivity index (χ2n) is 6.16. The Kier molecular flexibility index (Phi) is 8.08. The van der Waals surface area contributed by atoms with Crippen LogP contribution in [-0.2, 0) is 18.9 Å². The number of aliphatic hydroxyl groups is 7. The van der Waals surface area contributed by atoms with E-state index >= 15 is 0 Å². The third-order valence-corrected chi connectivity index (χ3v) is 4.36. The van der Waals surface area contributed by atoms with Gasteiger partial charge in [0.15, 0.2) is 12.6 Å². The van der Waals surface area contributed by atoms with Crippen LogP contribution in [0, 0.1) is 0 Å². The first-order chi connectivity index (χ1) is 12.3. The van der Waals surface area contributed by atoms with Gasteiger partial charge in [0.2, 0.25) is 0 Å². The molecule has 0 radical (unpaired) electrons. The molecule has 12 heteroatoms. The lowest BCUT2D eigenvalue weighted by molar-refractivity contribution is -0.359. The van der Waals surface area contributed by atoms with Crippen molar-refractivity contribution in [2.24, 2.45) is 5.73 Å². The average Bonchev–Trinajstić information content (AvgIpc) is 2.64. The second-order valence-corrected chi connectivity index (χ2v) is 6.16. The fraction of sp³-hybridized carbons (Fsp3) is 1.00. The van der Waals surface area contributed by atoms with Gasteiger partial charge in [-0.3, -0.25) is 0 Å². The molecule has 0 saturated carbocycles. The van der Waals surface area contributed by atoms with E-state index in [9.17, 15) is 35.7 Å². The molecule has 2 aliphatic rings. The van der Waals surface area contributed by atoms with E-state index in [1.807, 2.05) is 0 Å². The monoisotopic (exact) mass is 385 g/mol. The van der Waals surface area contributed by atoms with Gasteiger partial charge in [-0.2, -0.15) is 0 Å². The molecule has 12 nitrogen and oxygen atoms in total. The summed E-state index contributed by atoms with van der Waals surface area (Å²) in [5.41, 5.74) is 5.30. The van der Waals surface area contributed by atoms with Crippen molar-refractivity contribution in [3.63, 3.8) is 0 Å². The summed E-state index contributed by atoms with van der Waals surface area (Å²) in [6.07, 6.45) is -14.6. The number of aliphatic hydroxyl groups excluding tert-OH is 7. The third-order valence-electron chi connectivity index (χ3n) is 4.36. The summed E-state index contributed by atoms with van der Waals surface area (Å²) in [6.45, 7) is -1.08. The third kappa shape index (κ3) is 4.49. The Morgan fingerprint density at radius 1 is 0.731 bits per heavy atom. The van der Waals surface area contributed by atoms with Crippen molar-refractivity contribution in [1.82, 2.24) is 0 Å². The number of ether oxygens (including phenoxy) is 4. The van der Waals surface area contributed by atoms with Gasteiger partial charge in [-0.15, -0.1) is 0 Å². The van der Waals surface area contributed by atoms with E-state index in [1.54, 1.807) is 0 Å². The molecule has 0 aliphatic carbocycles. The van der Waals surface area contributed by atoms with Crippen LogP contribution >= 0.6 is 0 Å². The zero-order valence-electron chi connectivity index (χ0n) is 13.9. The Bertz CT molecular complexity index is 426. The van der Waals surface area contributed by atoms with Crippen LogP contribution in [0.2, 0.25) is 0 Å². The quantitative estimate of drug-likeness (QED) is 0.207. The van der Waals surface area contributed by atoms with Crippen LogP contribution in [0.5, 0.6) is 0 Å². The zero-order chi connectivity index (χ0) is 19.4. The van der Waals surface area contributed by atoms with Crippen LogP contribution in [0.25, 0.3) is 0 Å². The Morgan fingerprint density at radius 2 is 1.31 bits per heavy atom. The van der Waals surface area contributed by atoms with Crippen molar-refractivity contribution in [3.8, 4) is 0 Å². The molecule has 0 aromatic carbocycles. The first-order valence-electron chi connectivity index (χ1n) is 8.25. The van der Waals surface area contributed by atoms with Gasteiger partial charge >= 0.3 is 0 Å². The lowest BCUT2D eigenvalue weighted by Gasteiger charge is -2.45. The van der Waals surface area contributed by atoms with E-state index in [0.29, 0.717) is 0 Å². The predicted octanol–water partition coefficient (Wildman–Crippen LogP) is -5.41. The summed E-state index contributed by atoms with van der Waals surface area (Å²) in [7, 11) is 0. The highest BCUT2D eigenvalue weighted by Gasteiger charge is 2.50. The fourth-order valence-electron chi connectivity index (χ4n) is 2.88. The van der Waals surface area contributed by atoms with E-state index in [1.165, 1.54) is 0 Å². The molecule has 10 atom stereocenters. The molecule has 2 fully saturated rings. The van der Waals surface area contributed by atoms with Crippen LogP contribution in [0.4, 0.5) is 0 Å². The summed E-state index contributed by atoms with van der Waals surface area (Å²) in [5, 5.41) is 68.6. The van der Waals surface area contributed by atoms with Gasteiger partial charge in [0.05, 0.1) is 19.8 Å². The highest BCUT2D eigenvalue weighted by molar-refractivity contribution is 4.94. The minimum Gasteiger partial charge on any atom is -0.394 e. The van der Waals surface area contributed by atoms with Crippen molar-refractivity contribution >= 4 is 0 Å². The molecule has 2 saturated heterocycles. The van der Waals surface area contributed by atoms with E-state index in [-0.39, 0.29) is 13.2 Å². The molecule has 0 spiro atoms. The Hall–Kier alpha value is -0.480. The molecule has 0 aromatic rings. The number of rotatable bonds is 7. The highest BCUT2D eigenvalue weighted by atomic mass is 16.7. The fourth-order valence-corrected chi connectivity index (χ4v) is 2.88. The number of hydrogen-bond acceptors (Lipinski definition) is 12. The number of nitrogens with two attached hydrogens (primary N) is 1. The van der Waals surface area contributed by atoms with Gasteiger partial charge in [-0.25, -0.2) is 0 Å². The molecule has 154 valence electrons. The minimum atomic E-state index is -1.71. The van der Waals surface area contributed by atoms with E-state index < -0.39 is 74.6 Å². The SMILES string of the molecule is NCCOC1OC(CO)C(OC2OC(CO)C(O)C(O)C2O)C(O)C1O. The molecule has 2 aliphatic heterocycles. The first-order valence-corrected chi connectivity index (χ1v) is 8.25. The summed E-state index contributed by atoms with van der Waals surface area (Å²) < 4.78 is 21.1. The van der Waals surface area contributed by atoms with E-state index in [2.05, 4.69) is 0 Å². The Labute approximate surface area is 149 Å². The van der Waals surface area contributed by atoms with Crippen molar-refractivity contribution in [1.29, 1.82) is 0 Å². The van der Waals surface area contributed by atoms with Gasteiger partial charge in [0, 0.05) is 6.54 Å². The van der Waals surface area contributed by atoms with E-state index in [0.717, 1.165) is 0 Å². The molecule has 2 rings (SSSR count). The van der Waals surface area contributed by atoms with Crippen molar-refractivity contribution in [2.75, 3.05) is 26.4 Å². The normalized spacial score (nSPS) is 47.1. The standard InChI is InChI=1S/C14H27NO11/c15-1-2-23-13-11(22)9(20)12(6(4-17)25-13)26-14-10(21)8(19)7(18)5(3-16)24-14/h5-14,16-22H,1-4,15H2. The van der Waals surface area contributed by atoms with Crippen LogP contribution < -0.4 is 5.73 Å². The van der Waals surface area contributed by atoms with Gasteiger partial charge in [-0.05, 0) is 0 Å². The average molecular weight is 385 g/mol. The lowest BCUT2D eigenvalue weighted by Crippen LogP contribution is -2.64. The molecule has 0 aromatic heterocycles. The second kappa shape index (κ2) is 9.64. The Morgan fingerprint density at radius 3 is 1.88 bits per heavy atom. The topological polar surface area (TPSA) is 205 Å². The lowest BCUT2D eigenvalue weighted by atomic mass is 9.97. The predicted molar refractivity (Wildman–Crippen MR) is 81.4 cm³/mol. The molecule has 26 heavy (non-hydrogen) atoms. The molecule has 0 bridgehead atoms. The van der Waals surface area contributed by atoms with Crippen molar-refractivity contribution in [2.45, 2.75) is 61.4 Å². The molecule has 0 amide bonds. The minimum absolute atomic E-state index is 0.0465. The van der Waals surface area contributed by atoms with Gasteiger partial charge in [0.1, 0.15) is 48.8 Å². The van der Waals surface area contributed by atoms with Crippen LogP contribution in [0.3, 0.4) is 0 Å². The number of hydrogen-bond donors (Lipinski definition) is 8. The van der Waals surface area contributed by atoms with Crippen LogP contribution in [0.1, 0.15) is 0 Å².